The van der Waals surface area contributed by atoms with Crippen LogP contribution in [0.2, 0.25) is 0 Å². The van der Waals surface area contributed by atoms with E-state index < -0.39 is 0 Å². The highest BCUT2D eigenvalue weighted by molar-refractivity contribution is 5.73. The molecule has 6 nitrogen and oxygen atoms in total. The van der Waals surface area contributed by atoms with Crippen LogP contribution >= 0.6 is 0 Å². The SMILES string of the molecule is COCC1OCC(NC(C)=O)C(OC)[C@@H]1OC. The Balaban J connectivity index is 2.70. The first-order valence-corrected chi connectivity index (χ1v) is 5.57. The molecule has 0 saturated carbocycles. The highest BCUT2D eigenvalue weighted by Crippen LogP contribution is 2.20. The van der Waals surface area contributed by atoms with Crippen LogP contribution in [0.4, 0.5) is 0 Å². The van der Waals surface area contributed by atoms with Gasteiger partial charge >= 0.3 is 0 Å². The Morgan fingerprint density at radius 3 is 2.41 bits per heavy atom. The summed E-state index contributed by atoms with van der Waals surface area (Å²) in [6.07, 6.45) is -0.677. The van der Waals surface area contributed by atoms with Gasteiger partial charge in [-0.3, -0.25) is 4.79 Å². The van der Waals surface area contributed by atoms with Gasteiger partial charge in [0.15, 0.2) is 0 Å². The summed E-state index contributed by atoms with van der Waals surface area (Å²) in [5.41, 5.74) is 0. The van der Waals surface area contributed by atoms with Crippen molar-refractivity contribution < 1.29 is 23.7 Å². The van der Waals surface area contributed by atoms with Crippen molar-refractivity contribution in [2.75, 3.05) is 34.5 Å². The second kappa shape index (κ2) is 6.90. The predicted molar refractivity (Wildman–Crippen MR) is 60.8 cm³/mol. The third-order valence-electron chi connectivity index (χ3n) is 2.84. The summed E-state index contributed by atoms with van der Waals surface area (Å²) in [5, 5.41) is 2.80. The summed E-state index contributed by atoms with van der Waals surface area (Å²) in [4.78, 5) is 11.1. The van der Waals surface area contributed by atoms with Crippen LogP contribution in [0.25, 0.3) is 0 Å². The molecule has 1 fully saturated rings. The molecule has 0 aromatic heterocycles. The minimum atomic E-state index is -0.259. The third-order valence-corrected chi connectivity index (χ3v) is 2.84. The quantitative estimate of drug-likeness (QED) is 0.714. The first-order chi connectivity index (χ1) is 8.13. The standard InChI is InChI=1S/C11H21NO5/c1-7(13)12-8-5-17-9(6-14-2)11(16-4)10(8)15-3/h8-11H,5-6H2,1-4H3,(H,12,13)/t8?,9?,10?,11-/m1/s1. The molecule has 1 amide bonds. The van der Waals surface area contributed by atoms with Crippen molar-refractivity contribution in [3.8, 4) is 0 Å². The Labute approximate surface area is 102 Å². The van der Waals surface area contributed by atoms with Gasteiger partial charge in [0.2, 0.25) is 5.91 Å². The van der Waals surface area contributed by atoms with Crippen LogP contribution in [0.5, 0.6) is 0 Å². The van der Waals surface area contributed by atoms with Crippen molar-refractivity contribution in [1.29, 1.82) is 0 Å². The molecule has 0 spiro atoms. The molecular formula is C11H21NO5. The fourth-order valence-electron chi connectivity index (χ4n) is 2.13. The van der Waals surface area contributed by atoms with Crippen LogP contribution in [0.15, 0.2) is 0 Å². The molecule has 1 saturated heterocycles. The van der Waals surface area contributed by atoms with Gasteiger partial charge in [-0.2, -0.15) is 0 Å². The van der Waals surface area contributed by atoms with Gasteiger partial charge in [0.25, 0.3) is 0 Å². The largest absolute Gasteiger partial charge is 0.382 e. The lowest BCUT2D eigenvalue weighted by molar-refractivity contribution is -0.184. The van der Waals surface area contributed by atoms with E-state index >= 15 is 0 Å². The van der Waals surface area contributed by atoms with Crippen LogP contribution in [-0.4, -0.2) is 64.8 Å². The topological polar surface area (TPSA) is 66.0 Å². The van der Waals surface area contributed by atoms with Crippen molar-refractivity contribution in [3.05, 3.63) is 0 Å². The van der Waals surface area contributed by atoms with E-state index in [0.29, 0.717) is 13.2 Å². The van der Waals surface area contributed by atoms with E-state index in [4.69, 9.17) is 18.9 Å². The van der Waals surface area contributed by atoms with E-state index in [-0.39, 0.29) is 30.3 Å². The molecule has 17 heavy (non-hydrogen) atoms. The van der Waals surface area contributed by atoms with Crippen molar-refractivity contribution in [3.63, 3.8) is 0 Å². The number of carbonyl (C=O) groups excluding carboxylic acids is 1. The zero-order valence-corrected chi connectivity index (χ0v) is 10.8. The number of hydrogen-bond acceptors (Lipinski definition) is 5. The maximum absolute atomic E-state index is 11.1. The van der Waals surface area contributed by atoms with E-state index in [0.717, 1.165) is 0 Å². The molecule has 1 aliphatic rings. The molecule has 1 heterocycles. The number of carbonyl (C=O) groups is 1. The summed E-state index contributed by atoms with van der Waals surface area (Å²) in [6.45, 7) is 2.30. The van der Waals surface area contributed by atoms with Crippen LogP contribution in [0.1, 0.15) is 6.92 Å². The Hall–Kier alpha value is -0.690. The van der Waals surface area contributed by atoms with E-state index in [1.165, 1.54) is 6.92 Å². The molecule has 6 heteroatoms. The number of hydrogen-bond donors (Lipinski definition) is 1. The molecule has 100 valence electrons. The molecule has 1 N–H and O–H groups in total. The highest BCUT2D eigenvalue weighted by atomic mass is 16.6. The Kier molecular flexibility index (Phi) is 5.84. The molecule has 0 aliphatic carbocycles. The lowest BCUT2D eigenvalue weighted by atomic mass is 9.98. The van der Waals surface area contributed by atoms with E-state index in [1.807, 2.05) is 0 Å². The van der Waals surface area contributed by atoms with Crippen molar-refractivity contribution >= 4 is 5.91 Å². The molecule has 0 aromatic rings. The van der Waals surface area contributed by atoms with Gasteiger partial charge in [-0.25, -0.2) is 0 Å². The van der Waals surface area contributed by atoms with Gasteiger partial charge in [-0.1, -0.05) is 0 Å². The molecule has 1 rings (SSSR count). The lowest BCUT2D eigenvalue weighted by Crippen LogP contribution is -2.61. The molecule has 1 aliphatic heterocycles. The minimum absolute atomic E-state index is 0.110. The van der Waals surface area contributed by atoms with Crippen LogP contribution in [-0.2, 0) is 23.7 Å². The second-order valence-electron chi connectivity index (χ2n) is 4.03. The summed E-state index contributed by atoms with van der Waals surface area (Å²) in [6, 6.07) is -0.199. The van der Waals surface area contributed by atoms with Gasteiger partial charge in [-0.05, 0) is 0 Å². The maximum atomic E-state index is 11.1. The lowest BCUT2D eigenvalue weighted by Gasteiger charge is -2.41. The highest BCUT2D eigenvalue weighted by Gasteiger charge is 2.41. The monoisotopic (exact) mass is 247 g/mol. The minimum Gasteiger partial charge on any atom is -0.382 e. The average molecular weight is 247 g/mol. The molecule has 0 radical (unpaired) electrons. The fourth-order valence-corrected chi connectivity index (χ4v) is 2.13. The number of amides is 1. The number of nitrogens with one attached hydrogen (secondary N) is 1. The van der Waals surface area contributed by atoms with Crippen molar-refractivity contribution in [2.45, 2.75) is 31.3 Å². The summed E-state index contributed by atoms with van der Waals surface area (Å²) in [5.74, 6) is -0.110. The average Bonchev–Trinajstić information content (AvgIpc) is 2.30. The first kappa shape index (κ1) is 14.4. The molecule has 0 bridgehead atoms. The van der Waals surface area contributed by atoms with Gasteiger partial charge in [0.1, 0.15) is 18.3 Å². The summed E-state index contributed by atoms with van der Waals surface area (Å²) >= 11 is 0. The van der Waals surface area contributed by atoms with Crippen molar-refractivity contribution in [1.82, 2.24) is 5.32 Å². The van der Waals surface area contributed by atoms with Crippen LogP contribution in [0.3, 0.4) is 0 Å². The summed E-state index contributed by atoms with van der Waals surface area (Å²) < 4.78 is 21.5. The van der Waals surface area contributed by atoms with Gasteiger partial charge in [0.05, 0.1) is 19.3 Å². The number of rotatable bonds is 5. The second-order valence-corrected chi connectivity index (χ2v) is 4.03. The predicted octanol–water partition coefficient (Wildman–Crippen LogP) is -0.434. The zero-order chi connectivity index (χ0) is 12.8. The van der Waals surface area contributed by atoms with Gasteiger partial charge < -0.3 is 24.3 Å². The summed E-state index contributed by atoms with van der Waals surface area (Å²) in [7, 11) is 4.80. The Bertz CT molecular complexity index is 248. The number of methoxy groups -OCH3 is 3. The Morgan fingerprint density at radius 2 is 1.94 bits per heavy atom. The van der Waals surface area contributed by atoms with Crippen molar-refractivity contribution in [2.24, 2.45) is 0 Å². The maximum Gasteiger partial charge on any atom is 0.217 e. The smallest absolute Gasteiger partial charge is 0.217 e. The molecule has 4 atom stereocenters. The van der Waals surface area contributed by atoms with E-state index in [2.05, 4.69) is 5.32 Å². The van der Waals surface area contributed by atoms with Gasteiger partial charge in [0, 0.05) is 28.3 Å². The molecule has 0 aromatic carbocycles. The molecule has 3 unspecified atom stereocenters. The fraction of sp³-hybridized carbons (Fsp3) is 0.909. The Morgan fingerprint density at radius 1 is 1.29 bits per heavy atom. The molecular weight excluding hydrogens is 226 g/mol. The number of ether oxygens (including phenoxy) is 4. The van der Waals surface area contributed by atoms with Gasteiger partial charge in [-0.15, -0.1) is 0 Å². The van der Waals surface area contributed by atoms with Crippen LogP contribution < -0.4 is 5.32 Å². The zero-order valence-electron chi connectivity index (χ0n) is 10.8. The normalized spacial score (nSPS) is 33.4. The third kappa shape index (κ3) is 3.64. The van der Waals surface area contributed by atoms with Crippen LogP contribution in [0, 0.1) is 0 Å². The van der Waals surface area contributed by atoms with E-state index in [1.54, 1.807) is 21.3 Å². The van der Waals surface area contributed by atoms with E-state index in [9.17, 15) is 4.79 Å². The first-order valence-electron chi connectivity index (χ1n) is 5.57.